The second kappa shape index (κ2) is 6.89. The third-order valence-corrected chi connectivity index (χ3v) is 6.34. The van der Waals surface area contributed by atoms with E-state index in [1.54, 1.807) is 11.2 Å². The first-order valence-corrected chi connectivity index (χ1v) is 9.14. The number of hydrogen-bond acceptors (Lipinski definition) is 4. The molecule has 1 saturated heterocycles. The summed E-state index contributed by atoms with van der Waals surface area (Å²) in [6.07, 6.45) is 4.35. The molecular formula is C14H26N4O2S. The van der Waals surface area contributed by atoms with Crippen LogP contribution in [0, 0.1) is 12.8 Å². The second-order valence-corrected chi connectivity index (χ2v) is 7.75. The van der Waals surface area contributed by atoms with E-state index in [-0.39, 0.29) is 0 Å². The van der Waals surface area contributed by atoms with Crippen molar-refractivity contribution in [1.82, 2.24) is 19.8 Å². The molecule has 1 unspecified atom stereocenters. The summed E-state index contributed by atoms with van der Waals surface area (Å²) in [5, 5.41) is 10.0. The van der Waals surface area contributed by atoms with Gasteiger partial charge in [0.15, 0.2) is 0 Å². The number of aromatic nitrogens is 2. The van der Waals surface area contributed by atoms with Gasteiger partial charge in [0.05, 0.1) is 11.9 Å². The minimum Gasteiger partial charge on any atom is -0.314 e. The lowest BCUT2D eigenvalue weighted by Gasteiger charge is -2.34. The van der Waals surface area contributed by atoms with Crippen molar-refractivity contribution < 1.29 is 8.42 Å². The van der Waals surface area contributed by atoms with E-state index in [4.69, 9.17) is 0 Å². The maximum Gasteiger partial charge on any atom is 0.246 e. The molecule has 120 valence electrons. The maximum absolute atomic E-state index is 12.6. The summed E-state index contributed by atoms with van der Waals surface area (Å²) in [6, 6.07) is 0.450. The molecular weight excluding hydrogens is 288 g/mol. The van der Waals surface area contributed by atoms with E-state index < -0.39 is 10.0 Å². The predicted octanol–water partition coefficient (Wildman–Crippen LogP) is 1.51. The van der Waals surface area contributed by atoms with Gasteiger partial charge in [-0.2, -0.15) is 9.40 Å². The van der Waals surface area contributed by atoms with Crippen LogP contribution in [-0.2, 0) is 10.0 Å². The summed E-state index contributed by atoms with van der Waals surface area (Å²) < 4.78 is 26.7. The normalized spacial score (nSPS) is 19.8. The topological polar surface area (TPSA) is 78.1 Å². The minimum atomic E-state index is -3.40. The van der Waals surface area contributed by atoms with Crippen LogP contribution in [0.2, 0.25) is 0 Å². The molecule has 7 heteroatoms. The van der Waals surface area contributed by atoms with Crippen LogP contribution in [0.4, 0.5) is 0 Å². The van der Waals surface area contributed by atoms with Crippen LogP contribution < -0.4 is 5.32 Å². The van der Waals surface area contributed by atoms with Gasteiger partial charge in [0.2, 0.25) is 10.0 Å². The number of nitrogens with one attached hydrogen (secondary N) is 2. The van der Waals surface area contributed by atoms with Gasteiger partial charge in [0, 0.05) is 19.1 Å². The second-order valence-electron chi connectivity index (χ2n) is 5.84. The zero-order valence-corrected chi connectivity index (χ0v) is 13.9. The van der Waals surface area contributed by atoms with E-state index >= 15 is 0 Å². The zero-order chi connectivity index (χ0) is 15.5. The summed E-state index contributed by atoms with van der Waals surface area (Å²) in [4.78, 5) is 0.304. The molecule has 2 rings (SSSR count). The molecule has 6 nitrogen and oxygen atoms in total. The predicted molar refractivity (Wildman–Crippen MR) is 82.6 cm³/mol. The number of aryl methyl sites for hydroxylation is 1. The van der Waals surface area contributed by atoms with E-state index in [1.165, 1.54) is 6.20 Å². The van der Waals surface area contributed by atoms with E-state index in [9.17, 15) is 8.42 Å². The number of hydrogen-bond donors (Lipinski definition) is 2. The molecule has 21 heavy (non-hydrogen) atoms. The lowest BCUT2D eigenvalue weighted by molar-refractivity contribution is 0.231. The molecule has 1 aliphatic rings. The molecule has 1 fully saturated rings. The van der Waals surface area contributed by atoms with Gasteiger partial charge in [-0.25, -0.2) is 8.42 Å². The molecule has 0 amide bonds. The Bertz CT molecular complexity index is 547. The Morgan fingerprint density at radius 2 is 2.14 bits per heavy atom. The number of rotatable bonds is 6. The first-order chi connectivity index (χ1) is 9.96. The van der Waals surface area contributed by atoms with Crippen LogP contribution in [0.15, 0.2) is 11.1 Å². The van der Waals surface area contributed by atoms with Crippen LogP contribution in [0.3, 0.4) is 0 Å². The van der Waals surface area contributed by atoms with Gasteiger partial charge in [-0.15, -0.1) is 0 Å². The largest absolute Gasteiger partial charge is 0.314 e. The monoisotopic (exact) mass is 314 g/mol. The lowest BCUT2D eigenvalue weighted by atomic mass is 9.91. The van der Waals surface area contributed by atoms with Gasteiger partial charge < -0.3 is 5.32 Å². The highest BCUT2D eigenvalue weighted by molar-refractivity contribution is 7.89. The zero-order valence-electron chi connectivity index (χ0n) is 13.1. The molecule has 1 aliphatic heterocycles. The maximum atomic E-state index is 12.6. The summed E-state index contributed by atoms with van der Waals surface area (Å²) >= 11 is 0. The Kier molecular flexibility index (Phi) is 5.40. The van der Waals surface area contributed by atoms with Crippen molar-refractivity contribution in [2.45, 2.75) is 51.0 Å². The van der Waals surface area contributed by atoms with Crippen LogP contribution in [0.25, 0.3) is 0 Å². The van der Waals surface area contributed by atoms with Gasteiger partial charge in [0.1, 0.15) is 4.90 Å². The van der Waals surface area contributed by atoms with Crippen LogP contribution in [-0.4, -0.2) is 48.6 Å². The number of piperidine rings is 1. The molecule has 2 heterocycles. The van der Waals surface area contributed by atoms with Gasteiger partial charge in [-0.3, -0.25) is 5.10 Å². The highest BCUT2D eigenvalue weighted by atomic mass is 32.2. The molecule has 0 spiro atoms. The molecule has 0 aliphatic carbocycles. The fraction of sp³-hybridized carbons (Fsp3) is 0.786. The van der Waals surface area contributed by atoms with Crippen LogP contribution >= 0.6 is 0 Å². The molecule has 0 bridgehead atoms. The molecule has 0 saturated carbocycles. The van der Waals surface area contributed by atoms with E-state index in [2.05, 4.69) is 29.4 Å². The number of H-pyrrole nitrogens is 1. The molecule has 0 aromatic carbocycles. The Hall–Kier alpha value is -0.920. The van der Waals surface area contributed by atoms with E-state index in [0.29, 0.717) is 35.6 Å². The smallest absolute Gasteiger partial charge is 0.246 e. The van der Waals surface area contributed by atoms with Gasteiger partial charge >= 0.3 is 0 Å². The highest BCUT2D eigenvalue weighted by Crippen LogP contribution is 2.26. The summed E-state index contributed by atoms with van der Waals surface area (Å²) in [6.45, 7) is 8.30. The average molecular weight is 314 g/mol. The molecule has 1 aromatic rings. The first-order valence-electron chi connectivity index (χ1n) is 7.70. The molecule has 1 aromatic heterocycles. The van der Waals surface area contributed by atoms with Gasteiger partial charge in [-0.1, -0.05) is 6.92 Å². The van der Waals surface area contributed by atoms with Crippen molar-refractivity contribution >= 4 is 10.0 Å². The van der Waals surface area contributed by atoms with Crippen molar-refractivity contribution in [3.05, 3.63) is 11.9 Å². The SMILES string of the molecule is CCCNC(C)C1CCN(S(=O)(=O)c2cn[nH]c2C)CC1. The van der Waals surface area contributed by atoms with Crippen LogP contribution in [0.1, 0.15) is 38.8 Å². The Morgan fingerprint density at radius 1 is 1.48 bits per heavy atom. The Balaban J connectivity index is 1.96. The minimum absolute atomic E-state index is 0.304. The summed E-state index contributed by atoms with van der Waals surface area (Å²) in [7, 11) is -3.40. The number of nitrogens with zero attached hydrogens (tertiary/aromatic N) is 2. The van der Waals surface area contributed by atoms with Crippen molar-refractivity contribution in [2.24, 2.45) is 5.92 Å². The van der Waals surface area contributed by atoms with E-state index in [0.717, 1.165) is 25.8 Å². The first kappa shape index (κ1) is 16.5. The standard InChI is InChI=1S/C14H26N4O2S/c1-4-7-15-11(2)13-5-8-18(9-6-13)21(19,20)14-10-16-17-12(14)3/h10-11,13,15H,4-9H2,1-3H3,(H,16,17). The van der Waals surface area contributed by atoms with Crippen molar-refractivity contribution in [2.75, 3.05) is 19.6 Å². The molecule has 2 N–H and O–H groups in total. The highest BCUT2D eigenvalue weighted by Gasteiger charge is 2.32. The fourth-order valence-corrected chi connectivity index (χ4v) is 4.48. The third kappa shape index (κ3) is 3.64. The lowest BCUT2D eigenvalue weighted by Crippen LogP contribution is -2.44. The van der Waals surface area contributed by atoms with E-state index in [1.807, 2.05) is 0 Å². The van der Waals surface area contributed by atoms with Crippen molar-refractivity contribution in [3.63, 3.8) is 0 Å². The van der Waals surface area contributed by atoms with Gasteiger partial charge in [-0.05, 0) is 45.6 Å². The number of aromatic amines is 1. The number of sulfonamides is 1. The molecule has 1 atom stereocenters. The Labute approximate surface area is 127 Å². The van der Waals surface area contributed by atoms with Crippen molar-refractivity contribution in [3.8, 4) is 0 Å². The average Bonchev–Trinajstić information content (AvgIpc) is 2.92. The third-order valence-electron chi connectivity index (χ3n) is 4.32. The van der Waals surface area contributed by atoms with Crippen LogP contribution in [0.5, 0.6) is 0 Å². The quantitative estimate of drug-likeness (QED) is 0.834. The summed E-state index contributed by atoms with van der Waals surface area (Å²) in [5.74, 6) is 0.549. The molecule has 0 radical (unpaired) electrons. The van der Waals surface area contributed by atoms with Gasteiger partial charge in [0.25, 0.3) is 0 Å². The summed E-state index contributed by atoms with van der Waals surface area (Å²) in [5.41, 5.74) is 0.607. The Morgan fingerprint density at radius 3 is 2.67 bits per heavy atom. The fourth-order valence-electron chi connectivity index (χ4n) is 2.89. The van der Waals surface area contributed by atoms with Crippen molar-refractivity contribution in [1.29, 1.82) is 0 Å².